The number of allylic oxidation sites excluding steroid dienone is 7. The van der Waals surface area contributed by atoms with Crippen LogP contribution in [0.25, 0.3) is 0 Å². The van der Waals surface area contributed by atoms with Crippen LogP contribution in [0.15, 0.2) is 47.1 Å². The number of carbonyl (C=O) groups is 3. The average molecular weight is 360 g/mol. The minimum absolute atomic E-state index is 0.220. The molecule has 1 aliphatic carbocycles. The maximum Gasteiger partial charge on any atom is 0.307 e. The van der Waals surface area contributed by atoms with E-state index < -0.39 is 18.0 Å². The molecular formula is C21H28O5. The van der Waals surface area contributed by atoms with Gasteiger partial charge < -0.3 is 9.84 Å². The summed E-state index contributed by atoms with van der Waals surface area (Å²) in [5, 5.41) is 8.64. The highest BCUT2D eigenvalue weighted by molar-refractivity contribution is 6.01. The highest BCUT2D eigenvalue weighted by Gasteiger charge is 2.39. The van der Waals surface area contributed by atoms with Crippen LogP contribution >= 0.6 is 0 Å². The first kappa shape index (κ1) is 21.6. The first-order valence-corrected chi connectivity index (χ1v) is 8.73. The highest BCUT2D eigenvalue weighted by Crippen LogP contribution is 2.40. The molecule has 0 spiro atoms. The summed E-state index contributed by atoms with van der Waals surface area (Å²) in [5.74, 6) is -1.94. The summed E-state index contributed by atoms with van der Waals surface area (Å²) >= 11 is 0. The molecule has 0 heterocycles. The Hall–Kier alpha value is -2.43. The standard InChI is InChI=1S/C21H28O5/c1-6-7-8-14(2)9-10-16-15(3)20(25)17(13-21(16,4)5)26-19(24)12-11-18(22)23/h6-10,17H,11-13H2,1-5H3,(H,22,23). The Balaban J connectivity index is 2.97. The quantitative estimate of drug-likeness (QED) is 0.545. The van der Waals surface area contributed by atoms with Gasteiger partial charge in [0, 0.05) is 6.42 Å². The lowest BCUT2D eigenvalue weighted by atomic mass is 9.71. The van der Waals surface area contributed by atoms with Crippen LogP contribution in [0.1, 0.15) is 53.9 Å². The average Bonchev–Trinajstić information content (AvgIpc) is 2.55. The van der Waals surface area contributed by atoms with E-state index >= 15 is 0 Å². The number of ketones is 1. The van der Waals surface area contributed by atoms with Crippen molar-refractivity contribution < 1.29 is 24.2 Å². The van der Waals surface area contributed by atoms with Gasteiger partial charge in [-0.1, -0.05) is 49.8 Å². The number of carboxylic acid groups (broad SMARTS) is 1. The van der Waals surface area contributed by atoms with Gasteiger partial charge in [-0.25, -0.2) is 0 Å². The summed E-state index contributed by atoms with van der Waals surface area (Å²) in [5.41, 5.74) is 2.22. The van der Waals surface area contributed by atoms with E-state index in [1.54, 1.807) is 6.92 Å². The number of hydrogen-bond donors (Lipinski definition) is 1. The number of carbonyl (C=O) groups excluding carboxylic acids is 2. The Labute approximate surface area is 155 Å². The van der Waals surface area contributed by atoms with Crippen molar-refractivity contribution in [2.24, 2.45) is 5.41 Å². The van der Waals surface area contributed by atoms with Crippen molar-refractivity contribution in [3.8, 4) is 0 Å². The van der Waals surface area contributed by atoms with Gasteiger partial charge in [-0.3, -0.25) is 14.4 Å². The second-order valence-electron chi connectivity index (χ2n) is 7.13. The van der Waals surface area contributed by atoms with Crippen LogP contribution in [0.4, 0.5) is 0 Å². The molecule has 1 rings (SSSR count). The molecule has 1 N–H and O–H groups in total. The molecule has 0 bridgehead atoms. The summed E-state index contributed by atoms with van der Waals surface area (Å²) in [7, 11) is 0. The van der Waals surface area contributed by atoms with Crippen molar-refractivity contribution in [3.63, 3.8) is 0 Å². The van der Waals surface area contributed by atoms with E-state index in [1.165, 1.54) is 0 Å². The number of hydrogen-bond acceptors (Lipinski definition) is 4. The van der Waals surface area contributed by atoms with E-state index in [9.17, 15) is 14.4 Å². The molecule has 0 aliphatic heterocycles. The first-order valence-electron chi connectivity index (χ1n) is 8.73. The van der Waals surface area contributed by atoms with Gasteiger partial charge in [-0.15, -0.1) is 0 Å². The van der Waals surface area contributed by atoms with Crippen molar-refractivity contribution in [2.75, 3.05) is 0 Å². The molecule has 1 aliphatic rings. The topological polar surface area (TPSA) is 80.7 Å². The molecule has 26 heavy (non-hydrogen) atoms. The molecule has 0 radical (unpaired) electrons. The minimum Gasteiger partial charge on any atom is -0.481 e. The van der Waals surface area contributed by atoms with Gasteiger partial charge in [0.25, 0.3) is 0 Å². The van der Waals surface area contributed by atoms with Crippen molar-refractivity contribution >= 4 is 17.7 Å². The maximum atomic E-state index is 12.6. The summed E-state index contributed by atoms with van der Waals surface area (Å²) in [6, 6.07) is 0. The normalized spacial score (nSPS) is 20.9. The Bertz CT molecular complexity index is 689. The molecule has 0 amide bonds. The second kappa shape index (κ2) is 9.32. The lowest BCUT2D eigenvalue weighted by molar-refractivity contribution is -0.157. The van der Waals surface area contributed by atoms with E-state index in [0.717, 1.165) is 11.1 Å². The summed E-state index contributed by atoms with van der Waals surface area (Å²) in [4.78, 5) is 34.9. The van der Waals surface area contributed by atoms with E-state index in [-0.39, 0.29) is 24.0 Å². The van der Waals surface area contributed by atoms with E-state index in [4.69, 9.17) is 9.84 Å². The monoisotopic (exact) mass is 360 g/mol. The molecule has 0 aromatic rings. The smallest absolute Gasteiger partial charge is 0.307 e. The zero-order valence-electron chi connectivity index (χ0n) is 16.2. The maximum absolute atomic E-state index is 12.6. The number of Topliss-reactive ketones (excluding diaryl/α,β-unsaturated/α-hetero) is 1. The number of esters is 1. The van der Waals surface area contributed by atoms with Crippen LogP contribution in [0.5, 0.6) is 0 Å². The highest BCUT2D eigenvalue weighted by atomic mass is 16.5. The predicted octanol–water partition coefficient (Wildman–Crippen LogP) is 4.16. The van der Waals surface area contributed by atoms with Crippen LogP contribution in [-0.2, 0) is 19.1 Å². The van der Waals surface area contributed by atoms with Crippen molar-refractivity contribution in [1.29, 1.82) is 0 Å². The van der Waals surface area contributed by atoms with Crippen molar-refractivity contribution in [1.82, 2.24) is 0 Å². The fourth-order valence-corrected chi connectivity index (χ4v) is 2.94. The van der Waals surface area contributed by atoms with Crippen molar-refractivity contribution in [2.45, 2.75) is 60.0 Å². The molecular weight excluding hydrogens is 332 g/mol. The third-order valence-corrected chi connectivity index (χ3v) is 4.37. The Morgan fingerprint density at radius 3 is 2.54 bits per heavy atom. The zero-order valence-corrected chi connectivity index (χ0v) is 16.2. The van der Waals surface area contributed by atoms with Gasteiger partial charge in [-0.2, -0.15) is 0 Å². The Kier molecular flexibility index (Phi) is 7.75. The molecule has 1 unspecified atom stereocenters. The summed E-state index contributed by atoms with van der Waals surface area (Å²) in [6.45, 7) is 9.68. The number of carboxylic acids is 1. The SMILES string of the molecule is CC=CC=C(C)C=CC1=C(C)C(=O)C(OC(=O)CCC(=O)O)CC1(C)C. The van der Waals surface area contributed by atoms with Gasteiger partial charge in [0.2, 0.25) is 0 Å². The van der Waals surface area contributed by atoms with Crippen LogP contribution in [0, 0.1) is 5.41 Å². The van der Waals surface area contributed by atoms with E-state index in [0.29, 0.717) is 12.0 Å². The third kappa shape index (κ3) is 6.14. The predicted molar refractivity (Wildman–Crippen MR) is 101 cm³/mol. The van der Waals surface area contributed by atoms with Crippen LogP contribution in [0.2, 0.25) is 0 Å². The minimum atomic E-state index is -1.07. The molecule has 142 valence electrons. The van der Waals surface area contributed by atoms with Gasteiger partial charge in [0.1, 0.15) is 0 Å². The summed E-state index contributed by atoms with van der Waals surface area (Å²) < 4.78 is 5.26. The van der Waals surface area contributed by atoms with Gasteiger partial charge in [0.15, 0.2) is 11.9 Å². The molecule has 1 atom stereocenters. The molecule has 0 saturated heterocycles. The number of aliphatic carboxylic acids is 1. The number of rotatable bonds is 7. The first-order chi connectivity index (χ1) is 12.1. The van der Waals surface area contributed by atoms with Gasteiger partial charge in [0.05, 0.1) is 12.8 Å². The number of ether oxygens (including phenoxy) is 1. The van der Waals surface area contributed by atoms with Crippen molar-refractivity contribution in [3.05, 3.63) is 47.1 Å². The Morgan fingerprint density at radius 2 is 1.96 bits per heavy atom. The largest absolute Gasteiger partial charge is 0.481 e. The van der Waals surface area contributed by atoms with Crippen LogP contribution < -0.4 is 0 Å². The fourth-order valence-electron chi connectivity index (χ4n) is 2.94. The van der Waals surface area contributed by atoms with Gasteiger partial charge in [-0.05, 0) is 37.3 Å². The zero-order chi connectivity index (χ0) is 19.9. The fraction of sp³-hybridized carbons (Fsp3) is 0.476. The van der Waals surface area contributed by atoms with Gasteiger partial charge >= 0.3 is 11.9 Å². The lowest BCUT2D eigenvalue weighted by Crippen LogP contribution is -2.39. The molecule has 5 heteroatoms. The molecule has 0 saturated carbocycles. The van der Waals surface area contributed by atoms with Crippen LogP contribution in [0.3, 0.4) is 0 Å². The molecule has 0 fully saturated rings. The third-order valence-electron chi connectivity index (χ3n) is 4.37. The molecule has 5 nitrogen and oxygen atoms in total. The second-order valence-corrected chi connectivity index (χ2v) is 7.13. The Morgan fingerprint density at radius 1 is 1.31 bits per heavy atom. The molecule has 0 aromatic carbocycles. The summed E-state index contributed by atoms with van der Waals surface area (Å²) in [6.07, 6.45) is 8.77. The van der Waals surface area contributed by atoms with E-state index in [2.05, 4.69) is 0 Å². The lowest BCUT2D eigenvalue weighted by Gasteiger charge is -2.36. The van der Waals surface area contributed by atoms with Crippen LogP contribution in [-0.4, -0.2) is 28.9 Å². The molecule has 0 aromatic heterocycles. The van der Waals surface area contributed by atoms with E-state index in [1.807, 2.05) is 58.1 Å².